The Labute approximate surface area is 141 Å². The van der Waals surface area contributed by atoms with Crippen LogP contribution in [0.1, 0.15) is 21.5 Å². The monoisotopic (exact) mass is 345 g/mol. The van der Waals surface area contributed by atoms with Gasteiger partial charge in [-0.1, -0.05) is 18.2 Å². The van der Waals surface area contributed by atoms with Gasteiger partial charge in [-0.25, -0.2) is 0 Å². The van der Waals surface area contributed by atoms with E-state index in [-0.39, 0.29) is 5.69 Å². The van der Waals surface area contributed by atoms with Gasteiger partial charge >= 0.3 is 6.18 Å². The first-order chi connectivity index (χ1) is 11.9. The summed E-state index contributed by atoms with van der Waals surface area (Å²) < 4.78 is 39.9. The Hall–Kier alpha value is -3.09. The maximum Gasteiger partial charge on any atom is 0.416 e. The summed E-state index contributed by atoms with van der Waals surface area (Å²) in [5, 5.41) is 6.58. The number of carbonyl (C=O) groups excluding carboxylic acids is 1. The van der Waals surface area contributed by atoms with E-state index in [4.69, 9.17) is 0 Å². The van der Waals surface area contributed by atoms with Gasteiger partial charge in [0.25, 0.3) is 5.91 Å². The lowest BCUT2D eigenvalue weighted by Gasteiger charge is -2.10. The largest absolute Gasteiger partial charge is 0.416 e. The lowest BCUT2D eigenvalue weighted by Crippen LogP contribution is -2.13. The maximum absolute atomic E-state index is 12.7. The Bertz CT molecular complexity index is 856. The van der Waals surface area contributed by atoms with Crippen LogP contribution in [0.2, 0.25) is 0 Å². The van der Waals surface area contributed by atoms with E-state index in [0.717, 1.165) is 17.7 Å². The summed E-state index contributed by atoms with van der Waals surface area (Å²) in [4.78, 5) is 12.2. The van der Waals surface area contributed by atoms with Crippen molar-refractivity contribution in [3.8, 4) is 0 Å². The zero-order valence-electron chi connectivity index (χ0n) is 13.0. The normalized spacial score (nSPS) is 11.3. The fraction of sp³-hybridized carbons (Fsp3) is 0.111. The molecule has 0 aliphatic heterocycles. The van der Waals surface area contributed by atoms with E-state index in [2.05, 4.69) is 10.4 Å². The van der Waals surface area contributed by atoms with Crippen LogP contribution in [0.5, 0.6) is 0 Å². The SMILES string of the molecule is O=C(Nc1cccc(C(F)(F)F)c1)c1ccc(Cn2cccn2)cc1. The molecule has 25 heavy (non-hydrogen) atoms. The third kappa shape index (κ3) is 4.26. The molecule has 1 heterocycles. The van der Waals surface area contributed by atoms with Crippen LogP contribution in [-0.2, 0) is 12.7 Å². The molecule has 0 spiro atoms. The zero-order chi connectivity index (χ0) is 17.9. The smallest absolute Gasteiger partial charge is 0.322 e. The summed E-state index contributed by atoms with van der Waals surface area (Å²) in [6, 6.07) is 13.2. The summed E-state index contributed by atoms with van der Waals surface area (Å²) in [5.41, 5.74) is 0.612. The first kappa shape index (κ1) is 16.8. The Morgan fingerprint density at radius 2 is 1.84 bits per heavy atom. The molecule has 0 unspecified atom stereocenters. The summed E-state index contributed by atoms with van der Waals surface area (Å²) in [6.45, 7) is 0.572. The Morgan fingerprint density at radius 1 is 1.08 bits per heavy atom. The van der Waals surface area contributed by atoms with Gasteiger partial charge in [0.1, 0.15) is 0 Å². The van der Waals surface area contributed by atoms with E-state index in [1.54, 1.807) is 35.1 Å². The highest BCUT2D eigenvalue weighted by Gasteiger charge is 2.30. The second kappa shape index (κ2) is 6.80. The summed E-state index contributed by atoms with van der Waals surface area (Å²) in [7, 11) is 0. The first-order valence-electron chi connectivity index (χ1n) is 7.47. The number of aromatic nitrogens is 2. The molecular formula is C18H14F3N3O. The summed E-state index contributed by atoms with van der Waals surface area (Å²) >= 11 is 0. The van der Waals surface area contributed by atoms with Crippen LogP contribution in [-0.4, -0.2) is 15.7 Å². The number of benzene rings is 2. The first-order valence-corrected chi connectivity index (χ1v) is 7.47. The summed E-state index contributed by atoms with van der Waals surface area (Å²) in [6.07, 6.45) is -0.944. The minimum Gasteiger partial charge on any atom is -0.322 e. The molecule has 0 saturated heterocycles. The Balaban J connectivity index is 1.69. The molecule has 1 aromatic heterocycles. The van der Waals surface area contributed by atoms with Crippen LogP contribution in [0.15, 0.2) is 67.0 Å². The second-order valence-corrected chi connectivity index (χ2v) is 5.43. The van der Waals surface area contributed by atoms with Crippen LogP contribution in [0.3, 0.4) is 0 Å². The standard InChI is InChI=1S/C18H14F3N3O/c19-18(20,21)15-3-1-4-16(11-15)23-17(25)14-7-5-13(6-8-14)12-24-10-2-9-22-24/h1-11H,12H2,(H,23,25). The number of alkyl halides is 3. The van der Waals surface area contributed by atoms with Crippen LogP contribution in [0.4, 0.5) is 18.9 Å². The lowest BCUT2D eigenvalue weighted by atomic mass is 10.1. The predicted octanol–water partition coefficient (Wildman–Crippen LogP) is 4.20. The number of halogens is 3. The molecule has 0 saturated carbocycles. The van der Waals surface area contributed by atoms with E-state index in [1.807, 2.05) is 12.3 Å². The third-order valence-electron chi connectivity index (χ3n) is 3.57. The van der Waals surface area contributed by atoms with Crippen molar-refractivity contribution in [3.63, 3.8) is 0 Å². The Morgan fingerprint density at radius 3 is 2.48 bits per heavy atom. The van der Waals surface area contributed by atoms with Crippen molar-refractivity contribution in [2.24, 2.45) is 0 Å². The van der Waals surface area contributed by atoms with Gasteiger partial charge in [-0.2, -0.15) is 18.3 Å². The number of amides is 1. The molecule has 1 N–H and O–H groups in total. The second-order valence-electron chi connectivity index (χ2n) is 5.43. The van der Waals surface area contributed by atoms with Gasteiger partial charge in [-0.3, -0.25) is 9.48 Å². The van der Waals surface area contributed by atoms with E-state index < -0.39 is 17.6 Å². The Kier molecular flexibility index (Phi) is 4.56. The molecule has 7 heteroatoms. The molecule has 2 aromatic carbocycles. The molecular weight excluding hydrogens is 331 g/mol. The molecule has 0 radical (unpaired) electrons. The molecule has 0 fully saturated rings. The molecule has 128 valence electrons. The van der Waals surface area contributed by atoms with Gasteiger partial charge in [0, 0.05) is 23.6 Å². The van der Waals surface area contributed by atoms with Crippen molar-refractivity contribution in [1.82, 2.24) is 9.78 Å². The average Bonchev–Trinajstić information content (AvgIpc) is 3.08. The molecule has 4 nitrogen and oxygen atoms in total. The molecule has 0 atom stereocenters. The van der Waals surface area contributed by atoms with Crippen LogP contribution >= 0.6 is 0 Å². The molecule has 1 amide bonds. The molecule has 0 aliphatic rings. The van der Waals surface area contributed by atoms with Crippen LogP contribution < -0.4 is 5.32 Å². The van der Waals surface area contributed by atoms with Crippen molar-refractivity contribution >= 4 is 11.6 Å². The van der Waals surface area contributed by atoms with Crippen molar-refractivity contribution < 1.29 is 18.0 Å². The van der Waals surface area contributed by atoms with Gasteiger partial charge in [0.15, 0.2) is 0 Å². The minimum absolute atomic E-state index is 0.0976. The van der Waals surface area contributed by atoms with Crippen LogP contribution in [0.25, 0.3) is 0 Å². The highest BCUT2D eigenvalue weighted by atomic mass is 19.4. The van der Waals surface area contributed by atoms with E-state index in [0.29, 0.717) is 12.1 Å². The van der Waals surface area contributed by atoms with Gasteiger partial charge in [-0.05, 0) is 42.0 Å². The van der Waals surface area contributed by atoms with Crippen molar-refractivity contribution in [3.05, 3.63) is 83.7 Å². The van der Waals surface area contributed by atoms with Crippen LogP contribution in [0, 0.1) is 0 Å². The highest BCUT2D eigenvalue weighted by Crippen LogP contribution is 2.30. The number of rotatable bonds is 4. The summed E-state index contributed by atoms with van der Waals surface area (Å²) in [5.74, 6) is -0.468. The fourth-order valence-electron chi connectivity index (χ4n) is 2.32. The van der Waals surface area contributed by atoms with Crippen molar-refractivity contribution in [2.45, 2.75) is 12.7 Å². The third-order valence-corrected chi connectivity index (χ3v) is 3.57. The van der Waals surface area contributed by atoms with E-state index in [9.17, 15) is 18.0 Å². The number of nitrogens with zero attached hydrogens (tertiary/aromatic N) is 2. The van der Waals surface area contributed by atoms with Crippen molar-refractivity contribution in [2.75, 3.05) is 5.32 Å². The average molecular weight is 345 g/mol. The molecule has 0 aliphatic carbocycles. The fourth-order valence-corrected chi connectivity index (χ4v) is 2.32. The van der Waals surface area contributed by atoms with Gasteiger partial charge in [-0.15, -0.1) is 0 Å². The number of anilines is 1. The number of hydrogen-bond acceptors (Lipinski definition) is 2. The predicted molar refractivity (Wildman–Crippen MR) is 87.2 cm³/mol. The molecule has 3 aromatic rings. The van der Waals surface area contributed by atoms with Crippen molar-refractivity contribution in [1.29, 1.82) is 0 Å². The van der Waals surface area contributed by atoms with E-state index >= 15 is 0 Å². The van der Waals surface area contributed by atoms with Gasteiger partial charge in [0.2, 0.25) is 0 Å². The maximum atomic E-state index is 12.7. The zero-order valence-corrected chi connectivity index (χ0v) is 13.0. The lowest BCUT2D eigenvalue weighted by molar-refractivity contribution is -0.137. The molecule has 3 rings (SSSR count). The molecule has 0 bridgehead atoms. The minimum atomic E-state index is -4.45. The van der Waals surface area contributed by atoms with E-state index in [1.165, 1.54) is 12.1 Å². The van der Waals surface area contributed by atoms with Gasteiger partial charge < -0.3 is 5.32 Å². The number of carbonyl (C=O) groups is 1. The number of hydrogen-bond donors (Lipinski definition) is 1. The topological polar surface area (TPSA) is 46.9 Å². The van der Waals surface area contributed by atoms with Gasteiger partial charge in [0.05, 0.1) is 12.1 Å². The highest BCUT2D eigenvalue weighted by molar-refractivity contribution is 6.04. The number of nitrogens with one attached hydrogen (secondary N) is 1. The quantitative estimate of drug-likeness (QED) is 0.770.